The highest BCUT2D eigenvalue weighted by Crippen LogP contribution is 2.31. The van der Waals surface area contributed by atoms with Crippen LogP contribution in [0.5, 0.6) is 0 Å². The summed E-state index contributed by atoms with van der Waals surface area (Å²) in [4.78, 5) is 0.142. The SMILES string of the molecule is Cc1ccc(C2CN(S(=O)(=O)c3ccccc3Cl)C(C)CO2)cc1. The molecule has 1 aliphatic heterocycles. The summed E-state index contributed by atoms with van der Waals surface area (Å²) >= 11 is 6.11. The van der Waals surface area contributed by atoms with Crippen LogP contribution in [0, 0.1) is 6.92 Å². The number of halogens is 1. The van der Waals surface area contributed by atoms with Crippen LogP contribution in [0.4, 0.5) is 0 Å². The Kier molecular flexibility index (Phi) is 4.97. The van der Waals surface area contributed by atoms with E-state index in [2.05, 4.69) is 0 Å². The summed E-state index contributed by atoms with van der Waals surface area (Å²) in [6.07, 6.45) is -0.279. The number of aryl methyl sites for hydroxylation is 1. The van der Waals surface area contributed by atoms with Crippen molar-refractivity contribution in [2.75, 3.05) is 13.2 Å². The maximum Gasteiger partial charge on any atom is 0.244 e. The maximum absolute atomic E-state index is 13.0. The third-order valence-electron chi connectivity index (χ3n) is 4.25. The first-order valence-electron chi connectivity index (χ1n) is 7.84. The van der Waals surface area contributed by atoms with Crippen molar-refractivity contribution in [1.29, 1.82) is 0 Å². The van der Waals surface area contributed by atoms with Gasteiger partial charge in [-0.2, -0.15) is 4.31 Å². The highest BCUT2D eigenvalue weighted by atomic mass is 35.5. The molecule has 2 atom stereocenters. The highest BCUT2D eigenvalue weighted by Gasteiger charge is 2.36. The molecular formula is C18H20ClNO3S. The fraction of sp³-hybridized carbons (Fsp3) is 0.333. The van der Waals surface area contributed by atoms with E-state index in [0.29, 0.717) is 6.61 Å². The van der Waals surface area contributed by atoms with Gasteiger partial charge in [-0.25, -0.2) is 8.42 Å². The van der Waals surface area contributed by atoms with Crippen LogP contribution in [-0.2, 0) is 14.8 Å². The van der Waals surface area contributed by atoms with Gasteiger partial charge in [-0.1, -0.05) is 53.6 Å². The van der Waals surface area contributed by atoms with Gasteiger partial charge in [0.25, 0.3) is 0 Å². The summed E-state index contributed by atoms with van der Waals surface area (Å²) in [6.45, 7) is 4.49. The zero-order chi connectivity index (χ0) is 17.3. The van der Waals surface area contributed by atoms with Gasteiger partial charge in [-0.15, -0.1) is 0 Å². The van der Waals surface area contributed by atoms with Crippen LogP contribution in [0.2, 0.25) is 5.02 Å². The summed E-state index contributed by atoms with van der Waals surface area (Å²) in [5, 5.41) is 0.239. The van der Waals surface area contributed by atoms with Gasteiger partial charge in [0.05, 0.1) is 17.7 Å². The molecule has 1 fully saturated rings. The Hall–Kier alpha value is -1.40. The molecule has 0 saturated carbocycles. The maximum atomic E-state index is 13.0. The second-order valence-electron chi connectivity index (χ2n) is 6.09. The Balaban J connectivity index is 1.91. The lowest BCUT2D eigenvalue weighted by molar-refractivity contribution is -0.0288. The van der Waals surface area contributed by atoms with Crippen LogP contribution in [0.1, 0.15) is 24.2 Å². The molecule has 2 unspecified atom stereocenters. The Labute approximate surface area is 148 Å². The molecule has 0 amide bonds. The van der Waals surface area contributed by atoms with E-state index < -0.39 is 10.0 Å². The zero-order valence-electron chi connectivity index (χ0n) is 13.6. The number of hydrogen-bond donors (Lipinski definition) is 0. The van der Waals surface area contributed by atoms with Gasteiger partial charge in [0, 0.05) is 12.6 Å². The van der Waals surface area contributed by atoms with Crippen molar-refractivity contribution in [3.8, 4) is 0 Å². The van der Waals surface area contributed by atoms with Crippen LogP contribution in [0.15, 0.2) is 53.4 Å². The molecular weight excluding hydrogens is 346 g/mol. The molecule has 0 spiro atoms. The molecule has 3 rings (SSSR count). The number of benzene rings is 2. The van der Waals surface area contributed by atoms with E-state index in [4.69, 9.17) is 16.3 Å². The average Bonchev–Trinajstić information content (AvgIpc) is 2.56. The predicted octanol–water partition coefficient (Wildman–Crippen LogP) is 3.80. The molecule has 0 radical (unpaired) electrons. The fourth-order valence-corrected chi connectivity index (χ4v) is 4.94. The quantitative estimate of drug-likeness (QED) is 0.831. The lowest BCUT2D eigenvalue weighted by Gasteiger charge is -2.37. The van der Waals surface area contributed by atoms with E-state index in [1.165, 1.54) is 4.31 Å². The monoisotopic (exact) mass is 365 g/mol. The van der Waals surface area contributed by atoms with Gasteiger partial charge < -0.3 is 4.74 Å². The second kappa shape index (κ2) is 6.84. The van der Waals surface area contributed by atoms with E-state index >= 15 is 0 Å². The number of ether oxygens (including phenoxy) is 1. The Morgan fingerprint density at radius 3 is 2.46 bits per heavy atom. The molecule has 1 aliphatic rings. The number of nitrogens with zero attached hydrogens (tertiary/aromatic N) is 1. The summed E-state index contributed by atoms with van der Waals surface area (Å²) in [6, 6.07) is 14.3. The molecule has 128 valence electrons. The predicted molar refractivity (Wildman–Crippen MR) is 94.7 cm³/mol. The number of rotatable bonds is 3. The van der Waals surface area contributed by atoms with Crippen molar-refractivity contribution in [2.24, 2.45) is 0 Å². The summed E-state index contributed by atoms with van der Waals surface area (Å²) in [5.41, 5.74) is 2.13. The van der Waals surface area contributed by atoms with E-state index in [0.717, 1.165) is 11.1 Å². The molecule has 1 saturated heterocycles. The first kappa shape index (κ1) is 17.4. The third kappa shape index (κ3) is 3.35. The van der Waals surface area contributed by atoms with Crippen molar-refractivity contribution in [1.82, 2.24) is 4.31 Å². The topological polar surface area (TPSA) is 46.6 Å². The minimum atomic E-state index is -3.67. The lowest BCUT2D eigenvalue weighted by atomic mass is 10.1. The molecule has 4 nitrogen and oxygen atoms in total. The molecule has 1 heterocycles. The third-order valence-corrected chi connectivity index (χ3v) is 6.73. The fourth-order valence-electron chi connectivity index (χ4n) is 2.83. The molecule has 2 aromatic rings. The van der Waals surface area contributed by atoms with E-state index in [1.54, 1.807) is 24.3 Å². The van der Waals surface area contributed by atoms with Crippen molar-refractivity contribution < 1.29 is 13.2 Å². The minimum Gasteiger partial charge on any atom is -0.370 e. The molecule has 24 heavy (non-hydrogen) atoms. The van der Waals surface area contributed by atoms with Gasteiger partial charge in [-0.05, 0) is 31.5 Å². The Bertz CT molecular complexity index is 820. The summed E-state index contributed by atoms with van der Waals surface area (Å²) in [5.74, 6) is 0. The molecule has 0 aromatic heterocycles. The molecule has 0 bridgehead atoms. The van der Waals surface area contributed by atoms with Crippen LogP contribution in [0.25, 0.3) is 0 Å². The second-order valence-corrected chi connectivity index (χ2v) is 8.35. The van der Waals surface area contributed by atoms with Crippen LogP contribution in [0.3, 0.4) is 0 Å². The average molecular weight is 366 g/mol. The minimum absolute atomic E-state index is 0.142. The summed E-state index contributed by atoms with van der Waals surface area (Å²) < 4.78 is 33.4. The van der Waals surface area contributed by atoms with E-state index in [9.17, 15) is 8.42 Å². The number of hydrogen-bond acceptors (Lipinski definition) is 3. The van der Waals surface area contributed by atoms with Crippen LogP contribution < -0.4 is 0 Å². The van der Waals surface area contributed by atoms with Crippen LogP contribution >= 0.6 is 11.6 Å². The van der Waals surface area contributed by atoms with Gasteiger partial charge in [-0.3, -0.25) is 0 Å². The Morgan fingerprint density at radius 2 is 1.79 bits per heavy atom. The normalized spacial score (nSPS) is 22.5. The van der Waals surface area contributed by atoms with Gasteiger partial charge in [0.15, 0.2) is 0 Å². The summed E-state index contributed by atoms with van der Waals surface area (Å²) in [7, 11) is -3.67. The number of sulfonamides is 1. The highest BCUT2D eigenvalue weighted by molar-refractivity contribution is 7.89. The smallest absolute Gasteiger partial charge is 0.244 e. The lowest BCUT2D eigenvalue weighted by Crippen LogP contribution is -2.48. The first-order chi connectivity index (χ1) is 11.4. The molecule has 2 aromatic carbocycles. The van der Waals surface area contributed by atoms with Crippen molar-refractivity contribution >= 4 is 21.6 Å². The number of morpholine rings is 1. The molecule has 0 N–H and O–H groups in total. The Morgan fingerprint density at radius 1 is 1.12 bits per heavy atom. The van der Waals surface area contributed by atoms with Crippen molar-refractivity contribution in [2.45, 2.75) is 30.9 Å². The van der Waals surface area contributed by atoms with Gasteiger partial charge in [0.1, 0.15) is 4.90 Å². The molecule has 6 heteroatoms. The van der Waals surface area contributed by atoms with Crippen molar-refractivity contribution in [3.63, 3.8) is 0 Å². The van der Waals surface area contributed by atoms with E-state index in [1.807, 2.05) is 38.1 Å². The standard InChI is InChI=1S/C18H20ClNO3S/c1-13-7-9-15(10-8-13)17-11-20(14(2)12-23-17)24(21,22)18-6-4-3-5-16(18)19/h3-10,14,17H,11-12H2,1-2H3. The van der Waals surface area contributed by atoms with Gasteiger partial charge in [0.2, 0.25) is 10.0 Å². The van der Waals surface area contributed by atoms with Gasteiger partial charge >= 0.3 is 0 Å². The first-order valence-corrected chi connectivity index (χ1v) is 9.66. The van der Waals surface area contributed by atoms with Crippen molar-refractivity contribution in [3.05, 3.63) is 64.7 Å². The van der Waals surface area contributed by atoms with E-state index in [-0.39, 0.29) is 28.6 Å². The largest absolute Gasteiger partial charge is 0.370 e. The molecule has 0 aliphatic carbocycles. The zero-order valence-corrected chi connectivity index (χ0v) is 15.2. The van der Waals surface area contributed by atoms with Crippen LogP contribution in [-0.4, -0.2) is 31.9 Å².